The molecule has 0 aliphatic carbocycles. The molecule has 0 saturated carbocycles. The van der Waals surface area contributed by atoms with Gasteiger partial charge in [0.25, 0.3) is 0 Å². The van der Waals surface area contributed by atoms with Crippen LogP contribution in [0.3, 0.4) is 0 Å². The van der Waals surface area contributed by atoms with Gasteiger partial charge in [0.1, 0.15) is 0 Å². The number of rotatable bonds is 7. The topological polar surface area (TPSA) is 77.2 Å². The van der Waals surface area contributed by atoms with Gasteiger partial charge < -0.3 is 9.84 Å². The van der Waals surface area contributed by atoms with Crippen LogP contribution in [0.5, 0.6) is 0 Å². The molecule has 0 aliphatic heterocycles. The average Bonchev–Trinajstić information content (AvgIpc) is 2.97. The first kappa shape index (κ1) is 16.9. The highest BCUT2D eigenvalue weighted by atomic mass is 16.5. The van der Waals surface area contributed by atoms with Gasteiger partial charge in [-0.2, -0.15) is 0 Å². The van der Waals surface area contributed by atoms with Gasteiger partial charge in [-0.3, -0.25) is 0 Å². The lowest BCUT2D eigenvalue weighted by atomic mass is 10.1. The van der Waals surface area contributed by atoms with Gasteiger partial charge in [0.15, 0.2) is 0 Å². The summed E-state index contributed by atoms with van der Waals surface area (Å²) in [6.45, 7) is 4.39. The molecule has 2 aromatic rings. The van der Waals surface area contributed by atoms with Crippen LogP contribution in [0.4, 0.5) is 0 Å². The van der Waals surface area contributed by atoms with E-state index < -0.39 is 0 Å². The zero-order valence-corrected chi connectivity index (χ0v) is 13.4. The molecule has 1 aromatic carbocycles. The summed E-state index contributed by atoms with van der Waals surface area (Å²) in [5.41, 5.74) is 3.27. The van der Waals surface area contributed by atoms with E-state index in [1.807, 2.05) is 31.2 Å². The van der Waals surface area contributed by atoms with Crippen molar-refractivity contribution in [2.75, 3.05) is 13.2 Å². The predicted octanol–water partition coefficient (Wildman–Crippen LogP) is 1.77. The molecule has 23 heavy (non-hydrogen) atoms. The highest BCUT2D eigenvalue weighted by Crippen LogP contribution is 2.12. The van der Waals surface area contributed by atoms with Crippen molar-refractivity contribution in [1.29, 1.82) is 0 Å². The summed E-state index contributed by atoms with van der Waals surface area (Å²) in [7, 11) is 0. The minimum atomic E-state index is -0.368. The Kier molecular flexibility index (Phi) is 6.05. The van der Waals surface area contributed by atoms with Crippen LogP contribution in [0.2, 0.25) is 0 Å². The number of carbonyl (C=O) groups excluding carboxylic acids is 1. The number of ether oxygens (including phenoxy) is 1. The molecule has 122 valence electrons. The molecule has 0 radical (unpaired) electrons. The van der Waals surface area contributed by atoms with Crippen molar-refractivity contribution in [2.24, 2.45) is 0 Å². The first-order chi connectivity index (χ1) is 11.1. The molecule has 0 bridgehead atoms. The van der Waals surface area contributed by atoms with Crippen LogP contribution in [0.1, 0.15) is 23.7 Å². The Morgan fingerprint density at radius 3 is 2.74 bits per heavy atom. The van der Waals surface area contributed by atoms with E-state index in [-0.39, 0.29) is 19.1 Å². The molecule has 2 rings (SSSR count). The molecule has 6 heteroatoms. The van der Waals surface area contributed by atoms with E-state index in [2.05, 4.69) is 10.3 Å². The van der Waals surface area contributed by atoms with Gasteiger partial charge in [0.2, 0.25) is 0 Å². The van der Waals surface area contributed by atoms with E-state index in [1.165, 1.54) is 0 Å². The minimum absolute atomic E-state index is 0.0165. The predicted molar refractivity (Wildman–Crippen MR) is 86.6 cm³/mol. The van der Waals surface area contributed by atoms with E-state index in [0.29, 0.717) is 24.3 Å². The fourth-order valence-electron chi connectivity index (χ4n) is 2.08. The largest absolute Gasteiger partial charge is 0.463 e. The number of aryl methyl sites for hydroxylation is 1. The number of benzene rings is 1. The van der Waals surface area contributed by atoms with E-state index in [9.17, 15) is 4.79 Å². The normalized spacial score (nSPS) is 11.5. The van der Waals surface area contributed by atoms with Crippen LogP contribution in [0.15, 0.2) is 36.0 Å². The van der Waals surface area contributed by atoms with Crippen LogP contribution in [-0.4, -0.2) is 39.3 Å². The van der Waals surface area contributed by atoms with Crippen molar-refractivity contribution in [3.05, 3.63) is 52.9 Å². The molecule has 6 nitrogen and oxygen atoms in total. The standard InChI is InChI=1S/C17H21N3O3/c1-3-23-17(22)15(10-14-6-4-13(2)5-7-14)11-20-12-16(8-9-21)18-19-20/h4-7,10,12,21H,3,8-9,11H2,1-2H3/b15-10+. The lowest BCUT2D eigenvalue weighted by molar-refractivity contribution is -0.138. The summed E-state index contributed by atoms with van der Waals surface area (Å²) in [6.07, 6.45) is 3.96. The number of aromatic nitrogens is 3. The summed E-state index contributed by atoms with van der Waals surface area (Å²) in [6, 6.07) is 7.88. The molecular formula is C17H21N3O3. The fraction of sp³-hybridized carbons (Fsp3) is 0.353. The molecule has 1 heterocycles. The Bertz CT molecular complexity index is 675. The third-order valence-electron chi connectivity index (χ3n) is 3.24. The van der Waals surface area contributed by atoms with Crippen LogP contribution < -0.4 is 0 Å². The minimum Gasteiger partial charge on any atom is -0.463 e. The van der Waals surface area contributed by atoms with Gasteiger partial charge in [0.05, 0.1) is 24.4 Å². The number of aliphatic hydroxyl groups excluding tert-OH is 1. The number of hydrogen-bond donors (Lipinski definition) is 1. The summed E-state index contributed by atoms with van der Waals surface area (Å²) >= 11 is 0. The van der Waals surface area contributed by atoms with Crippen molar-refractivity contribution in [1.82, 2.24) is 15.0 Å². The fourth-order valence-corrected chi connectivity index (χ4v) is 2.08. The average molecular weight is 315 g/mol. The third-order valence-corrected chi connectivity index (χ3v) is 3.24. The maximum atomic E-state index is 12.2. The second-order valence-corrected chi connectivity index (χ2v) is 5.18. The summed E-state index contributed by atoms with van der Waals surface area (Å²) in [5.74, 6) is -0.368. The summed E-state index contributed by atoms with van der Waals surface area (Å²) in [5, 5.41) is 16.9. The van der Waals surface area contributed by atoms with Crippen molar-refractivity contribution in [2.45, 2.75) is 26.8 Å². The van der Waals surface area contributed by atoms with E-state index in [1.54, 1.807) is 23.9 Å². The second kappa shape index (κ2) is 8.24. The molecule has 0 spiro atoms. The van der Waals surface area contributed by atoms with Crippen molar-refractivity contribution < 1.29 is 14.6 Å². The number of hydrogen-bond acceptors (Lipinski definition) is 5. The molecule has 0 aliphatic rings. The monoisotopic (exact) mass is 315 g/mol. The Morgan fingerprint density at radius 2 is 2.09 bits per heavy atom. The SMILES string of the molecule is CCOC(=O)/C(=C/c1ccc(C)cc1)Cn1cc(CCO)nn1. The van der Waals surface area contributed by atoms with Gasteiger partial charge in [-0.05, 0) is 25.5 Å². The van der Waals surface area contributed by atoms with Gasteiger partial charge in [-0.25, -0.2) is 9.48 Å². The maximum Gasteiger partial charge on any atom is 0.335 e. The second-order valence-electron chi connectivity index (χ2n) is 5.18. The first-order valence-corrected chi connectivity index (χ1v) is 7.56. The molecular weight excluding hydrogens is 294 g/mol. The van der Waals surface area contributed by atoms with Crippen molar-refractivity contribution in [3.8, 4) is 0 Å². The molecule has 0 fully saturated rings. The van der Waals surface area contributed by atoms with Crippen molar-refractivity contribution >= 4 is 12.0 Å². The Labute approximate surface area is 135 Å². The van der Waals surface area contributed by atoms with E-state index in [4.69, 9.17) is 9.84 Å². The van der Waals surface area contributed by atoms with E-state index in [0.717, 1.165) is 11.1 Å². The first-order valence-electron chi connectivity index (χ1n) is 7.56. The lowest BCUT2D eigenvalue weighted by Gasteiger charge is -2.07. The summed E-state index contributed by atoms with van der Waals surface area (Å²) in [4.78, 5) is 12.2. The van der Waals surface area contributed by atoms with E-state index >= 15 is 0 Å². The Morgan fingerprint density at radius 1 is 1.35 bits per heavy atom. The molecule has 1 N–H and O–H groups in total. The molecule has 0 saturated heterocycles. The third kappa shape index (κ3) is 5.03. The number of esters is 1. The number of carbonyl (C=O) groups is 1. The zero-order valence-electron chi connectivity index (χ0n) is 13.4. The van der Waals surface area contributed by atoms with Gasteiger partial charge in [-0.15, -0.1) is 5.10 Å². The van der Waals surface area contributed by atoms with Crippen LogP contribution >= 0.6 is 0 Å². The molecule has 1 aromatic heterocycles. The van der Waals surface area contributed by atoms with Crippen LogP contribution in [0, 0.1) is 6.92 Å². The highest BCUT2D eigenvalue weighted by Gasteiger charge is 2.13. The van der Waals surface area contributed by atoms with Crippen LogP contribution in [0.25, 0.3) is 6.08 Å². The maximum absolute atomic E-state index is 12.2. The quantitative estimate of drug-likeness (QED) is 0.622. The number of nitrogens with zero attached hydrogens (tertiary/aromatic N) is 3. The molecule has 0 atom stereocenters. The zero-order chi connectivity index (χ0) is 16.7. The Hall–Kier alpha value is -2.47. The Balaban J connectivity index is 2.22. The van der Waals surface area contributed by atoms with Crippen molar-refractivity contribution in [3.63, 3.8) is 0 Å². The molecule has 0 unspecified atom stereocenters. The number of aliphatic hydroxyl groups is 1. The van der Waals surface area contributed by atoms with Gasteiger partial charge in [0, 0.05) is 19.2 Å². The van der Waals surface area contributed by atoms with Gasteiger partial charge >= 0.3 is 5.97 Å². The summed E-state index contributed by atoms with van der Waals surface area (Å²) < 4.78 is 6.69. The lowest BCUT2D eigenvalue weighted by Crippen LogP contribution is -2.13. The highest BCUT2D eigenvalue weighted by molar-refractivity contribution is 5.93. The van der Waals surface area contributed by atoms with Gasteiger partial charge in [-0.1, -0.05) is 35.0 Å². The molecule has 0 amide bonds. The van der Waals surface area contributed by atoms with Crippen LogP contribution in [-0.2, 0) is 22.5 Å². The smallest absolute Gasteiger partial charge is 0.335 e.